The lowest BCUT2D eigenvalue weighted by atomic mass is 9.87. The number of aromatic nitrogens is 2. The molecule has 0 saturated carbocycles. The van der Waals surface area contributed by atoms with Crippen LogP contribution in [0.4, 0.5) is 10.3 Å². The van der Waals surface area contributed by atoms with E-state index in [1.165, 1.54) is 0 Å². The maximum Gasteiger partial charge on any atom is 0.220 e. The van der Waals surface area contributed by atoms with Gasteiger partial charge in [0.05, 0.1) is 5.69 Å². The van der Waals surface area contributed by atoms with Crippen molar-refractivity contribution in [2.45, 2.75) is 40.5 Å². The van der Waals surface area contributed by atoms with Gasteiger partial charge in [0, 0.05) is 12.1 Å². The first-order valence-electron chi connectivity index (χ1n) is 7.10. The van der Waals surface area contributed by atoms with Crippen LogP contribution in [0, 0.1) is 18.2 Å². The van der Waals surface area contributed by atoms with Crippen LogP contribution in [0.25, 0.3) is 0 Å². The Morgan fingerprint density at radius 3 is 2.43 bits per heavy atom. The second-order valence-corrected chi connectivity index (χ2v) is 6.70. The van der Waals surface area contributed by atoms with Crippen molar-refractivity contribution in [3.63, 3.8) is 0 Å². The molecule has 112 valence electrons. The molecule has 2 aromatic rings. The van der Waals surface area contributed by atoms with E-state index in [0.29, 0.717) is 6.42 Å². The number of nitrogens with two attached hydrogens (primary N) is 1. The van der Waals surface area contributed by atoms with Gasteiger partial charge in [-0.2, -0.15) is 0 Å². The Morgan fingerprint density at radius 2 is 1.86 bits per heavy atom. The van der Waals surface area contributed by atoms with Crippen LogP contribution in [0.2, 0.25) is 0 Å². The summed E-state index contributed by atoms with van der Waals surface area (Å²) < 4.78 is 14.2. The van der Waals surface area contributed by atoms with Gasteiger partial charge in [-0.25, -0.2) is 14.4 Å². The zero-order valence-corrected chi connectivity index (χ0v) is 13.1. The average molecular weight is 287 g/mol. The zero-order chi connectivity index (χ0) is 15.6. The standard InChI is InChI=1S/C17H22FN3/c1-11-7-14(21-16(19)20-11)8-12-5-6-13(15(18)9-12)10-17(2,3)4/h5-7,9H,8,10H2,1-4H3,(H2,19,20,21). The monoisotopic (exact) mass is 287 g/mol. The van der Waals surface area contributed by atoms with E-state index < -0.39 is 0 Å². The smallest absolute Gasteiger partial charge is 0.220 e. The Morgan fingerprint density at radius 1 is 1.14 bits per heavy atom. The SMILES string of the molecule is Cc1cc(Cc2ccc(CC(C)(C)C)c(F)c2)nc(N)n1. The first kappa shape index (κ1) is 15.4. The predicted octanol–water partition coefficient (Wildman–Crippen LogP) is 3.69. The molecule has 2 rings (SSSR count). The van der Waals surface area contributed by atoms with Gasteiger partial charge in [0.1, 0.15) is 5.82 Å². The Kier molecular flexibility index (Phi) is 4.26. The summed E-state index contributed by atoms with van der Waals surface area (Å²) in [5.74, 6) is 0.107. The number of halogens is 1. The Labute approximate surface area is 125 Å². The number of hydrogen-bond acceptors (Lipinski definition) is 3. The summed E-state index contributed by atoms with van der Waals surface area (Å²) in [6, 6.07) is 7.29. The normalized spacial score (nSPS) is 11.7. The minimum absolute atomic E-state index is 0.0700. The number of hydrogen-bond donors (Lipinski definition) is 1. The van der Waals surface area contributed by atoms with Crippen molar-refractivity contribution in [3.8, 4) is 0 Å². The van der Waals surface area contributed by atoms with Crippen molar-refractivity contribution in [2.75, 3.05) is 5.73 Å². The highest BCUT2D eigenvalue weighted by Crippen LogP contribution is 2.23. The molecule has 0 radical (unpaired) electrons. The molecule has 1 aromatic heterocycles. The maximum absolute atomic E-state index is 14.2. The highest BCUT2D eigenvalue weighted by Gasteiger charge is 2.14. The lowest BCUT2D eigenvalue weighted by Crippen LogP contribution is -2.10. The highest BCUT2D eigenvalue weighted by molar-refractivity contribution is 5.30. The van der Waals surface area contributed by atoms with Crippen LogP contribution in [-0.4, -0.2) is 9.97 Å². The van der Waals surface area contributed by atoms with Gasteiger partial charge in [-0.05, 0) is 42.0 Å². The third kappa shape index (κ3) is 4.52. The summed E-state index contributed by atoms with van der Waals surface area (Å²) in [6.45, 7) is 8.18. The lowest BCUT2D eigenvalue weighted by Gasteiger charge is -2.18. The molecule has 0 fully saturated rings. The molecular weight excluding hydrogens is 265 g/mol. The number of benzene rings is 1. The molecule has 0 unspecified atom stereocenters. The summed E-state index contributed by atoms with van der Waals surface area (Å²) in [6.07, 6.45) is 1.28. The van der Waals surface area contributed by atoms with Gasteiger partial charge in [0.2, 0.25) is 5.95 Å². The molecule has 0 amide bonds. The molecule has 0 bridgehead atoms. The van der Waals surface area contributed by atoms with Crippen molar-refractivity contribution >= 4 is 5.95 Å². The van der Waals surface area contributed by atoms with Crippen LogP contribution in [0.1, 0.15) is 43.3 Å². The molecule has 0 atom stereocenters. The Balaban J connectivity index is 2.20. The van der Waals surface area contributed by atoms with E-state index in [9.17, 15) is 4.39 Å². The van der Waals surface area contributed by atoms with Crippen molar-refractivity contribution < 1.29 is 4.39 Å². The van der Waals surface area contributed by atoms with Gasteiger partial charge >= 0.3 is 0 Å². The van der Waals surface area contributed by atoms with E-state index in [4.69, 9.17) is 5.73 Å². The largest absolute Gasteiger partial charge is 0.368 e. The van der Waals surface area contributed by atoms with Crippen molar-refractivity contribution in [2.24, 2.45) is 5.41 Å². The molecule has 0 aliphatic carbocycles. The van der Waals surface area contributed by atoms with Crippen LogP contribution in [0.5, 0.6) is 0 Å². The third-order valence-corrected chi connectivity index (χ3v) is 3.15. The van der Waals surface area contributed by atoms with E-state index in [1.54, 1.807) is 6.07 Å². The number of nitrogen functional groups attached to an aromatic ring is 1. The van der Waals surface area contributed by atoms with Crippen LogP contribution < -0.4 is 5.73 Å². The van der Waals surface area contributed by atoms with Crippen LogP contribution >= 0.6 is 0 Å². The molecule has 21 heavy (non-hydrogen) atoms. The molecule has 4 heteroatoms. The van der Waals surface area contributed by atoms with E-state index in [-0.39, 0.29) is 17.2 Å². The number of rotatable bonds is 3. The number of nitrogens with zero attached hydrogens (tertiary/aromatic N) is 2. The van der Waals surface area contributed by atoms with Gasteiger partial charge in [-0.3, -0.25) is 0 Å². The van der Waals surface area contributed by atoms with Crippen LogP contribution in [0.3, 0.4) is 0 Å². The van der Waals surface area contributed by atoms with E-state index in [1.807, 2.05) is 25.1 Å². The Hall–Kier alpha value is -1.97. The second kappa shape index (κ2) is 5.80. The summed E-state index contributed by atoms with van der Waals surface area (Å²) in [5.41, 5.74) is 8.99. The van der Waals surface area contributed by atoms with E-state index in [0.717, 1.165) is 28.9 Å². The van der Waals surface area contributed by atoms with Crippen molar-refractivity contribution in [3.05, 3.63) is 52.6 Å². The van der Waals surface area contributed by atoms with E-state index in [2.05, 4.69) is 30.7 Å². The summed E-state index contributed by atoms with van der Waals surface area (Å²) >= 11 is 0. The molecule has 3 nitrogen and oxygen atoms in total. The minimum Gasteiger partial charge on any atom is -0.368 e. The van der Waals surface area contributed by atoms with E-state index >= 15 is 0 Å². The molecule has 0 saturated heterocycles. The maximum atomic E-state index is 14.2. The fourth-order valence-corrected chi connectivity index (χ4v) is 2.37. The van der Waals surface area contributed by atoms with Crippen molar-refractivity contribution in [1.29, 1.82) is 0 Å². The Bertz CT molecular complexity index is 625. The quantitative estimate of drug-likeness (QED) is 0.936. The average Bonchev–Trinajstić information content (AvgIpc) is 2.30. The molecule has 1 heterocycles. The number of aryl methyl sites for hydroxylation is 1. The third-order valence-electron chi connectivity index (χ3n) is 3.15. The van der Waals surface area contributed by atoms with Gasteiger partial charge in [0.25, 0.3) is 0 Å². The first-order valence-corrected chi connectivity index (χ1v) is 7.10. The first-order chi connectivity index (χ1) is 9.73. The molecular formula is C17H22FN3. The van der Waals surface area contributed by atoms with Gasteiger partial charge < -0.3 is 5.73 Å². The van der Waals surface area contributed by atoms with Gasteiger partial charge in [-0.15, -0.1) is 0 Å². The fraction of sp³-hybridized carbons (Fsp3) is 0.412. The molecule has 1 aromatic carbocycles. The molecule has 0 aliphatic rings. The minimum atomic E-state index is -0.152. The van der Waals surface area contributed by atoms with Crippen LogP contribution in [0.15, 0.2) is 24.3 Å². The topological polar surface area (TPSA) is 51.8 Å². The van der Waals surface area contributed by atoms with Crippen molar-refractivity contribution in [1.82, 2.24) is 9.97 Å². The predicted molar refractivity (Wildman–Crippen MR) is 83.5 cm³/mol. The number of anilines is 1. The molecule has 2 N–H and O–H groups in total. The summed E-state index contributed by atoms with van der Waals surface area (Å²) in [5, 5.41) is 0. The van der Waals surface area contributed by atoms with Gasteiger partial charge in [0.15, 0.2) is 0 Å². The molecule has 0 aliphatic heterocycles. The second-order valence-electron chi connectivity index (χ2n) is 6.70. The fourth-order valence-electron chi connectivity index (χ4n) is 2.37. The van der Waals surface area contributed by atoms with Crippen LogP contribution in [-0.2, 0) is 12.8 Å². The summed E-state index contributed by atoms with van der Waals surface area (Å²) in [7, 11) is 0. The summed E-state index contributed by atoms with van der Waals surface area (Å²) in [4.78, 5) is 8.23. The highest BCUT2D eigenvalue weighted by atomic mass is 19.1. The molecule has 0 spiro atoms. The van der Waals surface area contributed by atoms with Gasteiger partial charge in [-0.1, -0.05) is 32.9 Å². The zero-order valence-electron chi connectivity index (χ0n) is 13.1. The lowest BCUT2D eigenvalue weighted by molar-refractivity contribution is 0.402.